The zero-order valence-corrected chi connectivity index (χ0v) is 10.0. The first-order valence-corrected chi connectivity index (χ1v) is 5.82. The van der Waals surface area contributed by atoms with Crippen molar-refractivity contribution in [2.45, 2.75) is 13.3 Å². The summed E-state index contributed by atoms with van der Waals surface area (Å²) >= 11 is 3.05. The van der Waals surface area contributed by atoms with E-state index in [0.717, 1.165) is 6.42 Å². The number of halogens is 2. The molecule has 0 radical (unpaired) electrons. The molecule has 0 spiro atoms. The largest absolute Gasteiger partial charge is 0.493 e. The third-order valence-corrected chi connectivity index (χ3v) is 2.33. The Hall–Kier alpha value is -0.900. The molecule has 0 saturated heterocycles. The number of Topliss-reactive ketones (excluding diaryl/α,β-unsaturated/α-hetero) is 1. The Morgan fingerprint density at radius 3 is 2.87 bits per heavy atom. The SMILES string of the molecule is CCCOc1ccc(F)cc1C(=O)CBr. The molecular weight excluding hydrogens is 263 g/mol. The molecule has 0 heterocycles. The smallest absolute Gasteiger partial charge is 0.177 e. The zero-order chi connectivity index (χ0) is 11.3. The number of hydrogen-bond donors (Lipinski definition) is 0. The molecular formula is C11H12BrFO2. The Morgan fingerprint density at radius 1 is 1.53 bits per heavy atom. The molecule has 0 aliphatic heterocycles. The summed E-state index contributed by atoms with van der Waals surface area (Å²) < 4.78 is 18.3. The molecule has 0 fully saturated rings. The van der Waals surface area contributed by atoms with Gasteiger partial charge < -0.3 is 4.74 Å². The van der Waals surface area contributed by atoms with E-state index in [2.05, 4.69) is 15.9 Å². The lowest BCUT2D eigenvalue weighted by Gasteiger charge is -2.09. The van der Waals surface area contributed by atoms with Gasteiger partial charge in [-0.3, -0.25) is 4.79 Å². The number of carbonyl (C=O) groups is 1. The van der Waals surface area contributed by atoms with Crippen LogP contribution in [0.25, 0.3) is 0 Å². The highest BCUT2D eigenvalue weighted by molar-refractivity contribution is 9.09. The number of ketones is 1. The molecule has 1 rings (SSSR count). The quantitative estimate of drug-likeness (QED) is 0.609. The minimum atomic E-state index is -0.428. The summed E-state index contributed by atoms with van der Waals surface area (Å²) in [5.74, 6) is -0.161. The minimum Gasteiger partial charge on any atom is -0.493 e. The van der Waals surface area contributed by atoms with Gasteiger partial charge in [0, 0.05) is 0 Å². The van der Waals surface area contributed by atoms with Gasteiger partial charge in [-0.15, -0.1) is 0 Å². The second-order valence-corrected chi connectivity index (χ2v) is 3.61. The number of ether oxygens (including phenoxy) is 1. The summed E-state index contributed by atoms with van der Waals surface area (Å²) in [6.45, 7) is 2.49. The maximum atomic E-state index is 12.9. The molecule has 0 aliphatic rings. The van der Waals surface area contributed by atoms with Crippen molar-refractivity contribution < 1.29 is 13.9 Å². The van der Waals surface area contributed by atoms with Gasteiger partial charge in [-0.25, -0.2) is 4.39 Å². The van der Waals surface area contributed by atoms with Crippen LogP contribution in [0.3, 0.4) is 0 Å². The lowest BCUT2D eigenvalue weighted by Crippen LogP contribution is -2.06. The van der Waals surface area contributed by atoms with Gasteiger partial charge in [-0.05, 0) is 24.6 Å². The van der Waals surface area contributed by atoms with Crippen LogP contribution in [0, 0.1) is 5.82 Å². The molecule has 0 amide bonds. The monoisotopic (exact) mass is 274 g/mol. The normalized spacial score (nSPS) is 10.1. The second-order valence-electron chi connectivity index (χ2n) is 3.05. The highest BCUT2D eigenvalue weighted by atomic mass is 79.9. The summed E-state index contributed by atoms with van der Waals surface area (Å²) in [4.78, 5) is 11.5. The van der Waals surface area contributed by atoms with Crippen molar-refractivity contribution in [3.05, 3.63) is 29.6 Å². The zero-order valence-electron chi connectivity index (χ0n) is 8.43. The molecule has 0 N–H and O–H groups in total. The van der Waals surface area contributed by atoms with Gasteiger partial charge in [0.2, 0.25) is 0 Å². The number of alkyl halides is 1. The van der Waals surface area contributed by atoms with Crippen molar-refractivity contribution in [3.63, 3.8) is 0 Å². The summed E-state index contributed by atoms with van der Waals surface area (Å²) in [6.07, 6.45) is 0.847. The molecule has 0 atom stereocenters. The minimum absolute atomic E-state index is 0.166. The first-order chi connectivity index (χ1) is 7.19. The predicted octanol–water partition coefficient (Wildman–Crippen LogP) is 3.19. The van der Waals surface area contributed by atoms with Crippen molar-refractivity contribution >= 4 is 21.7 Å². The molecule has 82 valence electrons. The fraction of sp³-hybridized carbons (Fsp3) is 0.364. The molecule has 0 aliphatic carbocycles. The molecule has 1 aromatic carbocycles. The van der Waals surface area contributed by atoms with Gasteiger partial charge >= 0.3 is 0 Å². The second kappa shape index (κ2) is 5.85. The Kier molecular flexibility index (Phi) is 4.75. The molecule has 1 aromatic rings. The predicted molar refractivity (Wildman–Crippen MR) is 60.3 cm³/mol. The van der Waals surface area contributed by atoms with E-state index in [1.54, 1.807) is 0 Å². The van der Waals surface area contributed by atoms with Crippen molar-refractivity contribution in [2.24, 2.45) is 0 Å². The highest BCUT2D eigenvalue weighted by Gasteiger charge is 2.12. The standard InChI is InChI=1S/C11H12BrFO2/c1-2-5-15-11-4-3-8(13)6-9(11)10(14)7-12/h3-4,6H,2,5,7H2,1H3. The summed E-state index contributed by atoms with van der Waals surface area (Å²) in [5, 5.41) is 0.166. The third-order valence-electron chi connectivity index (χ3n) is 1.83. The van der Waals surface area contributed by atoms with E-state index in [9.17, 15) is 9.18 Å². The number of benzene rings is 1. The maximum absolute atomic E-state index is 12.9. The average molecular weight is 275 g/mol. The lowest BCUT2D eigenvalue weighted by molar-refractivity contribution is 0.101. The molecule has 0 bridgehead atoms. The van der Waals surface area contributed by atoms with E-state index >= 15 is 0 Å². The maximum Gasteiger partial charge on any atom is 0.177 e. The Bertz CT molecular complexity index is 352. The summed E-state index contributed by atoms with van der Waals surface area (Å²) in [6, 6.07) is 3.98. The van der Waals surface area contributed by atoms with Gasteiger partial charge in [0.15, 0.2) is 5.78 Å². The third kappa shape index (κ3) is 3.30. The van der Waals surface area contributed by atoms with E-state index < -0.39 is 5.82 Å². The van der Waals surface area contributed by atoms with E-state index in [1.807, 2.05) is 6.92 Å². The van der Waals surface area contributed by atoms with Crippen molar-refractivity contribution in [3.8, 4) is 5.75 Å². The molecule has 0 aromatic heterocycles. The summed E-state index contributed by atoms with van der Waals surface area (Å²) in [7, 11) is 0. The van der Waals surface area contributed by atoms with E-state index in [-0.39, 0.29) is 11.1 Å². The molecule has 15 heavy (non-hydrogen) atoms. The lowest BCUT2D eigenvalue weighted by atomic mass is 10.1. The van der Waals surface area contributed by atoms with Crippen LogP contribution in [0.1, 0.15) is 23.7 Å². The Balaban J connectivity index is 2.97. The number of carbonyl (C=O) groups excluding carboxylic acids is 1. The fourth-order valence-corrected chi connectivity index (χ4v) is 1.43. The van der Waals surface area contributed by atoms with Crippen LogP contribution in [-0.2, 0) is 0 Å². The summed E-state index contributed by atoms with van der Waals surface area (Å²) in [5.41, 5.74) is 0.292. The highest BCUT2D eigenvalue weighted by Crippen LogP contribution is 2.21. The van der Waals surface area contributed by atoms with Gasteiger partial charge in [0.25, 0.3) is 0 Å². The number of hydrogen-bond acceptors (Lipinski definition) is 2. The number of rotatable bonds is 5. The topological polar surface area (TPSA) is 26.3 Å². The van der Waals surface area contributed by atoms with Crippen molar-refractivity contribution in [1.82, 2.24) is 0 Å². The van der Waals surface area contributed by atoms with Crippen LogP contribution in [0.2, 0.25) is 0 Å². The van der Waals surface area contributed by atoms with Gasteiger partial charge in [0.1, 0.15) is 11.6 Å². The van der Waals surface area contributed by atoms with E-state index in [0.29, 0.717) is 17.9 Å². The molecule has 0 saturated carbocycles. The van der Waals surface area contributed by atoms with Crippen LogP contribution in [0.4, 0.5) is 4.39 Å². The van der Waals surface area contributed by atoms with Crippen LogP contribution in [-0.4, -0.2) is 17.7 Å². The molecule has 4 heteroatoms. The first-order valence-electron chi connectivity index (χ1n) is 4.70. The first kappa shape index (κ1) is 12.2. The Labute approximate surface area is 96.6 Å². The molecule has 0 unspecified atom stereocenters. The molecule has 2 nitrogen and oxygen atoms in total. The van der Waals surface area contributed by atoms with Gasteiger partial charge in [-0.1, -0.05) is 22.9 Å². The fourth-order valence-electron chi connectivity index (χ4n) is 1.13. The van der Waals surface area contributed by atoms with E-state index in [1.165, 1.54) is 18.2 Å². The van der Waals surface area contributed by atoms with Crippen LogP contribution < -0.4 is 4.74 Å². The van der Waals surface area contributed by atoms with Crippen LogP contribution in [0.5, 0.6) is 5.75 Å². The van der Waals surface area contributed by atoms with Crippen molar-refractivity contribution in [2.75, 3.05) is 11.9 Å². The van der Waals surface area contributed by atoms with Gasteiger partial charge in [-0.2, -0.15) is 0 Å². The van der Waals surface area contributed by atoms with E-state index in [4.69, 9.17) is 4.74 Å². The average Bonchev–Trinajstić information content (AvgIpc) is 2.26. The van der Waals surface area contributed by atoms with Crippen LogP contribution >= 0.6 is 15.9 Å². The van der Waals surface area contributed by atoms with Gasteiger partial charge in [0.05, 0.1) is 17.5 Å². The van der Waals surface area contributed by atoms with Crippen LogP contribution in [0.15, 0.2) is 18.2 Å². The Morgan fingerprint density at radius 2 is 2.27 bits per heavy atom. The van der Waals surface area contributed by atoms with Crippen molar-refractivity contribution in [1.29, 1.82) is 0 Å².